The maximum absolute atomic E-state index is 5.88. The largest absolute Gasteiger partial charge is 0.398 e. The second kappa shape index (κ2) is 4.58. The molecule has 1 aromatic carbocycles. The summed E-state index contributed by atoms with van der Waals surface area (Å²) in [7, 11) is 0. The molecule has 1 nitrogen and oxygen atoms in total. The Morgan fingerprint density at radius 2 is 2.21 bits per heavy atom. The Morgan fingerprint density at radius 1 is 1.43 bits per heavy atom. The van der Waals surface area contributed by atoms with Crippen molar-refractivity contribution >= 4 is 33.4 Å². The minimum absolute atomic E-state index is 0.897. The van der Waals surface area contributed by atoms with Crippen LogP contribution in [0.15, 0.2) is 27.6 Å². The summed E-state index contributed by atoms with van der Waals surface area (Å²) in [6.45, 7) is 0. The molecule has 1 aromatic rings. The number of nitrogen functional groups attached to an aromatic ring is 1. The Hall–Kier alpha value is -0.150. The van der Waals surface area contributed by atoms with E-state index in [1.165, 1.54) is 29.9 Å². The van der Waals surface area contributed by atoms with Crippen molar-refractivity contribution in [2.75, 3.05) is 11.5 Å². The highest BCUT2D eigenvalue weighted by Crippen LogP contribution is 2.36. The van der Waals surface area contributed by atoms with E-state index in [1.807, 2.05) is 23.9 Å². The van der Waals surface area contributed by atoms with Crippen LogP contribution in [-0.2, 0) is 0 Å². The fraction of sp³-hybridized carbons (Fsp3) is 0.455. The number of rotatable bonds is 4. The number of nitrogens with two attached hydrogens (primary N) is 1. The molecule has 1 aliphatic carbocycles. The molecule has 1 fully saturated rings. The molecule has 0 aliphatic heterocycles. The van der Waals surface area contributed by atoms with Gasteiger partial charge >= 0.3 is 0 Å². The molecule has 0 aromatic heterocycles. The van der Waals surface area contributed by atoms with Crippen molar-refractivity contribution in [2.24, 2.45) is 5.92 Å². The minimum Gasteiger partial charge on any atom is -0.398 e. The molecular formula is C11H14BrNS. The van der Waals surface area contributed by atoms with Gasteiger partial charge in [0, 0.05) is 15.1 Å². The highest BCUT2D eigenvalue weighted by molar-refractivity contribution is 9.10. The standard InChI is InChI=1S/C11H14BrNS/c12-9-3-4-10(13)11(7-9)14-6-5-8-1-2-8/h3-4,7-8H,1-2,5-6,13H2. The summed E-state index contributed by atoms with van der Waals surface area (Å²) in [5, 5.41) is 0. The van der Waals surface area contributed by atoms with Crippen molar-refractivity contribution < 1.29 is 0 Å². The number of hydrogen-bond acceptors (Lipinski definition) is 2. The molecule has 0 amide bonds. The lowest BCUT2D eigenvalue weighted by atomic mass is 10.3. The fourth-order valence-corrected chi connectivity index (χ4v) is 3.00. The molecule has 2 rings (SSSR count). The maximum atomic E-state index is 5.88. The van der Waals surface area contributed by atoms with E-state index in [-0.39, 0.29) is 0 Å². The van der Waals surface area contributed by atoms with Crippen LogP contribution < -0.4 is 5.73 Å². The van der Waals surface area contributed by atoms with Crippen LogP contribution in [0.2, 0.25) is 0 Å². The average Bonchev–Trinajstić information content (AvgIpc) is 2.95. The van der Waals surface area contributed by atoms with Gasteiger partial charge in [-0.05, 0) is 36.3 Å². The van der Waals surface area contributed by atoms with Crippen molar-refractivity contribution in [3.05, 3.63) is 22.7 Å². The first-order chi connectivity index (χ1) is 6.75. The van der Waals surface area contributed by atoms with Gasteiger partial charge in [-0.25, -0.2) is 0 Å². The lowest BCUT2D eigenvalue weighted by Gasteiger charge is -2.05. The van der Waals surface area contributed by atoms with Crippen LogP contribution in [0.1, 0.15) is 19.3 Å². The second-order valence-electron chi connectivity index (χ2n) is 3.76. The average molecular weight is 272 g/mol. The molecule has 0 saturated heterocycles. The first kappa shape index (κ1) is 10.4. The molecule has 0 atom stereocenters. The SMILES string of the molecule is Nc1ccc(Br)cc1SCCC1CC1. The van der Waals surface area contributed by atoms with Crippen LogP contribution in [0.3, 0.4) is 0 Å². The summed E-state index contributed by atoms with van der Waals surface area (Å²) in [5.74, 6) is 2.21. The highest BCUT2D eigenvalue weighted by atomic mass is 79.9. The molecule has 0 spiro atoms. The molecule has 0 unspecified atom stereocenters. The predicted molar refractivity (Wildman–Crippen MR) is 66.6 cm³/mol. The van der Waals surface area contributed by atoms with Crippen molar-refractivity contribution in [1.82, 2.24) is 0 Å². The van der Waals surface area contributed by atoms with Gasteiger partial charge < -0.3 is 5.73 Å². The number of halogens is 1. The van der Waals surface area contributed by atoms with Crippen LogP contribution in [0.25, 0.3) is 0 Å². The van der Waals surface area contributed by atoms with Crippen LogP contribution in [0.5, 0.6) is 0 Å². The van der Waals surface area contributed by atoms with Crippen LogP contribution in [0.4, 0.5) is 5.69 Å². The Labute approximate surface area is 97.6 Å². The first-order valence-corrected chi connectivity index (χ1v) is 6.71. The van der Waals surface area contributed by atoms with E-state index in [9.17, 15) is 0 Å². The van der Waals surface area contributed by atoms with Gasteiger partial charge in [0.05, 0.1) is 0 Å². The van der Waals surface area contributed by atoms with Crippen LogP contribution in [0, 0.1) is 5.92 Å². The normalized spacial score (nSPS) is 15.8. The minimum atomic E-state index is 0.897. The third kappa shape index (κ3) is 2.92. The van der Waals surface area contributed by atoms with Crippen molar-refractivity contribution in [3.8, 4) is 0 Å². The fourth-order valence-electron chi connectivity index (χ4n) is 1.38. The maximum Gasteiger partial charge on any atom is 0.0453 e. The number of anilines is 1. The molecule has 1 saturated carbocycles. The van der Waals surface area contributed by atoms with Crippen molar-refractivity contribution in [1.29, 1.82) is 0 Å². The summed E-state index contributed by atoms with van der Waals surface area (Å²) in [6.07, 6.45) is 4.22. The number of thioether (sulfide) groups is 1. The zero-order chi connectivity index (χ0) is 9.97. The summed E-state index contributed by atoms with van der Waals surface area (Å²) in [5.41, 5.74) is 6.78. The molecule has 1 aliphatic rings. The summed E-state index contributed by atoms with van der Waals surface area (Å²) < 4.78 is 1.11. The second-order valence-corrected chi connectivity index (χ2v) is 5.82. The summed E-state index contributed by atoms with van der Waals surface area (Å²) in [4.78, 5) is 1.21. The molecule has 3 heteroatoms. The molecule has 14 heavy (non-hydrogen) atoms. The van der Waals surface area contributed by atoms with E-state index in [0.29, 0.717) is 0 Å². The van der Waals surface area contributed by atoms with Gasteiger partial charge in [-0.2, -0.15) is 0 Å². The number of hydrogen-bond donors (Lipinski definition) is 1. The number of benzene rings is 1. The predicted octanol–water partition coefficient (Wildman–Crippen LogP) is 3.92. The van der Waals surface area contributed by atoms with Gasteiger partial charge in [0.15, 0.2) is 0 Å². The highest BCUT2D eigenvalue weighted by Gasteiger charge is 2.20. The third-order valence-electron chi connectivity index (χ3n) is 2.46. The lowest BCUT2D eigenvalue weighted by molar-refractivity contribution is 0.809. The molecule has 2 N–H and O–H groups in total. The zero-order valence-corrected chi connectivity index (χ0v) is 10.4. The van der Waals surface area contributed by atoms with E-state index in [1.54, 1.807) is 0 Å². The molecule has 0 radical (unpaired) electrons. The zero-order valence-electron chi connectivity index (χ0n) is 8.00. The first-order valence-electron chi connectivity index (χ1n) is 4.93. The Balaban J connectivity index is 1.89. The van der Waals surface area contributed by atoms with Gasteiger partial charge in [-0.15, -0.1) is 11.8 Å². The molecular weight excluding hydrogens is 258 g/mol. The molecule has 0 heterocycles. The smallest absolute Gasteiger partial charge is 0.0453 e. The van der Waals surface area contributed by atoms with Gasteiger partial charge in [0.25, 0.3) is 0 Å². The van der Waals surface area contributed by atoms with Crippen molar-refractivity contribution in [3.63, 3.8) is 0 Å². The van der Waals surface area contributed by atoms with E-state index in [0.717, 1.165) is 16.1 Å². The van der Waals surface area contributed by atoms with Gasteiger partial charge in [0.2, 0.25) is 0 Å². The Morgan fingerprint density at radius 3 is 2.93 bits per heavy atom. The van der Waals surface area contributed by atoms with Gasteiger partial charge in [0.1, 0.15) is 0 Å². The molecule has 76 valence electrons. The Kier molecular flexibility index (Phi) is 3.39. The van der Waals surface area contributed by atoms with Crippen molar-refractivity contribution in [2.45, 2.75) is 24.2 Å². The lowest BCUT2D eigenvalue weighted by Crippen LogP contribution is -1.89. The van der Waals surface area contributed by atoms with Crippen LogP contribution >= 0.6 is 27.7 Å². The van der Waals surface area contributed by atoms with Crippen LogP contribution in [-0.4, -0.2) is 5.75 Å². The third-order valence-corrected chi connectivity index (χ3v) is 4.05. The monoisotopic (exact) mass is 271 g/mol. The summed E-state index contributed by atoms with van der Waals surface area (Å²) >= 11 is 5.34. The topological polar surface area (TPSA) is 26.0 Å². The quantitative estimate of drug-likeness (QED) is 0.664. The van der Waals surface area contributed by atoms with Gasteiger partial charge in [-0.1, -0.05) is 28.8 Å². The van der Waals surface area contributed by atoms with E-state index < -0.39 is 0 Å². The van der Waals surface area contributed by atoms with Gasteiger partial charge in [-0.3, -0.25) is 0 Å². The molecule has 0 bridgehead atoms. The summed E-state index contributed by atoms with van der Waals surface area (Å²) in [6, 6.07) is 6.05. The van der Waals surface area contributed by atoms with E-state index in [4.69, 9.17) is 5.73 Å². The Bertz CT molecular complexity index is 323. The van der Waals surface area contributed by atoms with E-state index in [2.05, 4.69) is 22.0 Å². The van der Waals surface area contributed by atoms with E-state index >= 15 is 0 Å².